The summed E-state index contributed by atoms with van der Waals surface area (Å²) in [4.78, 5) is 16.2. The molecule has 0 unspecified atom stereocenters. The maximum absolute atomic E-state index is 11.8. The predicted octanol–water partition coefficient (Wildman–Crippen LogP) is 4.62. The van der Waals surface area contributed by atoms with Crippen LogP contribution in [0.4, 0.5) is 10.6 Å². The van der Waals surface area contributed by atoms with Crippen molar-refractivity contribution in [3.8, 4) is 11.1 Å². The Morgan fingerprint density at radius 3 is 2.81 bits per heavy atom. The molecule has 0 aliphatic rings. The Balaban J connectivity index is 1.83. The van der Waals surface area contributed by atoms with Gasteiger partial charge in [0.2, 0.25) is 0 Å². The van der Waals surface area contributed by atoms with Crippen LogP contribution in [0.25, 0.3) is 28.0 Å². The average Bonchev–Trinajstić information content (AvgIpc) is 2.68. The second-order valence-corrected chi connectivity index (χ2v) is 6.28. The number of hydrogen-bond donors (Lipinski definition) is 2. The molecule has 2 N–H and O–H groups in total. The number of hydrogen-bond acceptors (Lipinski definition) is 3. The number of aromatic nitrogens is 1. The zero-order chi connectivity index (χ0) is 19.2. The van der Waals surface area contributed by atoms with E-state index in [4.69, 9.17) is 4.74 Å². The van der Waals surface area contributed by atoms with Crippen molar-refractivity contribution in [3.63, 3.8) is 0 Å². The molecular weight excluding hydrogens is 338 g/mol. The number of methoxy groups -OCH3 is 1. The second kappa shape index (κ2) is 8.47. The van der Waals surface area contributed by atoms with Gasteiger partial charge >= 0.3 is 6.03 Å². The third kappa shape index (κ3) is 4.51. The van der Waals surface area contributed by atoms with Crippen LogP contribution >= 0.6 is 0 Å². The molecule has 2 amide bonds. The third-order valence-corrected chi connectivity index (χ3v) is 4.36. The van der Waals surface area contributed by atoms with Crippen LogP contribution in [-0.4, -0.2) is 31.3 Å². The van der Waals surface area contributed by atoms with E-state index in [1.54, 1.807) is 13.3 Å². The molecule has 138 valence electrons. The summed E-state index contributed by atoms with van der Waals surface area (Å²) in [5, 5.41) is 7.47. The molecule has 3 rings (SSSR count). The minimum absolute atomic E-state index is 0.299. The molecule has 0 fully saturated rings. The van der Waals surface area contributed by atoms with Crippen LogP contribution in [-0.2, 0) is 4.74 Å². The summed E-state index contributed by atoms with van der Waals surface area (Å²) in [6, 6.07) is 14.1. The van der Waals surface area contributed by atoms with Gasteiger partial charge < -0.3 is 10.1 Å². The number of carbonyl (C=O) groups is 1. The van der Waals surface area contributed by atoms with Gasteiger partial charge in [-0.15, -0.1) is 0 Å². The minimum atomic E-state index is -0.299. The van der Waals surface area contributed by atoms with E-state index in [2.05, 4.69) is 59.5 Å². The fourth-order valence-corrected chi connectivity index (χ4v) is 2.88. The molecule has 27 heavy (non-hydrogen) atoms. The van der Waals surface area contributed by atoms with Crippen LogP contribution in [0.5, 0.6) is 0 Å². The monoisotopic (exact) mass is 361 g/mol. The van der Waals surface area contributed by atoms with Gasteiger partial charge in [-0.25, -0.2) is 9.78 Å². The molecule has 0 aliphatic heterocycles. The third-order valence-electron chi connectivity index (χ3n) is 4.36. The Morgan fingerprint density at radius 1 is 1.19 bits per heavy atom. The molecule has 2 aromatic carbocycles. The predicted molar refractivity (Wildman–Crippen MR) is 111 cm³/mol. The van der Waals surface area contributed by atoms with Crippen molar-refractivity contribution >= 4 is 28.7 Å². The number of nitrogens with zero attached hydrogens (tertiary/aromatic N) is 1. The van der Waals surface area contributed by atoms with E-state index in [0.29, 0.717) is 19.0 Å². The number of urea groups is 1. The van der Waals surface area contributed by atoms with Gasteiger partial charge in [-0.05, 0) is 52.8 Å². The minimum Gasteiger partial charge on any atom is -0.383 e. The number of rotatable bonds is 6. The van der Waals surface area contributed by atoms with Gasteiger partial charge in [-0.2, -0.15) is 0 Å². The lowest BCUT2D eigenvalue weighted by atomic mass is 9.96. The Bertz CT molecular complexity index is 982. The number of amides is 2. The van der Waals surface area contributed by atoms with Crippen LogP contribution in [0.2, 0.25) is 0 Å². The van der Waals surface area contributed by atoms with E-state index in [0.717, 1.165) is 21.9 Å². The molecule has 3 aromatic rings. The Labute approximate surface area is 159 Å². The van der Waals surface area contributed by atoms with Crippen molar-refractivity contribution in [1.82, 2.24) is 10.3 Å². The summed E-state index contributed by atoms with van der Waals surface area (Å²) < 4.78 is 4.91. The van der Waals surface area contributed by atoms with Gasteiger partial charge in [-0.1, -0.05) is 36.9 Å². The molecule has 5 heteroatoms. The lowest BCUT2D eigenvalue weighted by Gasteiger charge is -2.10. The van der Waals surface area contributed by atoms with E-state index < -0.39 is 0 Å². The molecule has 0 radical (unpaired) electrons. The van der Waals surface area contributed by atoms with Gasteiger partial charge in [0.1, 0.15) is 5.82 Å². The number of ether oxygens (including phenoxy) is 1. The molecule has 1 heterocycles. The number of pyridine rings is 1. The maximum atomic E-state index is 11.8. The number of carbonyl (C=O) groups excluding carboxylic acids is 1. The molecule has 0 aliphatic carbocycles. The standard InChI is InChI=1S/C22H23N3O2/c1-4-16-6-5-15(2)20(11-16)18-8-7-17-13-21(24-14-19(17)12-18)25-22(26)23-9-10-27-3/h4-8,11-14H,1,9-10H2,2-3H3,(H2,23,24,25,26). The van der Waals surface area contributed by atoms with Gasteiger partial charge in [0, 0.05) is 25.2 Å². The van der Waals surface area contributed by atoms with Crippen LogP contribution in [0.3, 0.4) is 0 Å². The maximum Gasteiger partial charge on any atom is 0.320 e. The first-order chi connectivity index (χ1) is 13.1. The van der Waals surface area contributed by atoms with E-state index in [-0.39, 0.29) is 6.03 Å². The topological polar surface area (TPSA) is 63.2 Å². The molecular formula is C22H23N3O2. The van der Waals surface area contributed by atoms with Crippen LogP contribution in [0.15, 0.2) is 55.2 Å². The molecule has 0 bridgehead atoms. The summed E-state index contributed by atoms with van der Waals surface area (Å²) in [7, 11) is 1.59. The quantitative estimate of drug-likeness (QED) is 0.630. The van der Waals surface area contributed by atoms with E-state index in [1.165, 1.54) is 11.1 Å². The smallest absolute Gasteiger partial charge is 0.320 e. The lowest BCUT2D eigenvalue weighted by Crippen LogP contribution is -2.31. The largest absolute Gasteiger partial charge is 0.383 e. The van der Waals surface area contributed by atoms with Crippen LogP contribution < -0.4 is 10.6 Å². The van der Waals surface area contributed by atoms with E-state index in [1.807, 2.05) is 18.2 Å². The number of benzene rings is 2. The van der Waals surface area contributed by atoms with Crippen molar-refractivity contribution < 1.29 is 9.53 Å². The number of nitrogens with one attached hydrogen (secondary N) is 2. The fraction of sp³-hybridized carbons (Fsp3) is 0.182. The normalized spacial score (nSPS) is 10.6. The molecule has 0 saturated heterocycles. The molecule has 5 nitrogen and oxygen atoms in total. The van der Waals surface area contributed by atoms with Gasteiger partial charge in [0.25, 0.3) is 0 Å². The summed E-state index contributed by atoms with van der Waals surface area (Å²) in [5.74, 6) is 0.509. The van der Waals surface area contributed by atoms with Gasteiger partial charge in [-0.3, -0.25) is 5.32 Å². The highest BCUT2D eigenvalue weighted by molar-refractivity contribution is 5.93. The SMILES string of the molecule is C=Cc1ccc(C)c(-c2ccc3cc(NC(=O)NCCOC)ncc3c2)c1. The highest BCUT2D eigenvalue weighted by atomic mass is 16.5. The van der Waals surface area contributed by atoms with Gasteiger partial charge in [0.15, 0.2) is 0 Å². The molecule has 0 spiro atoms. The zero-order valence-corrected chi connectivity index (χ0v) is 15.6. The number of fused-ring (bicyclic) bond motifs is 1. The van der Waals surface area contributed by atoms with Gasteiger partial charge in [0.05, 0.1) is 6.61 Å². The van der Waals surface area contributed by atoms with E-state index >= 15 is 0 Å². The van der Waals surface area contributed by atoms with Crippen molar-refractivity contribution in [3.05, 3.63) is 66.4 Å². The first-order valence-corrected chi connectivity index (χ1v) is 8.78. The van der Waals surface area contributed by atoms with Crippen molar-refractivity contribution in [2.75, 3.05) is 25.6 Å². The Kier molecular flexibility index (Phi) is 5.84. The summed E-state index contributed by atoms with van der Waals surface area (Å²) >= 11 is 0. The van der Waals surface area contributed by atoms with Crippen LogP contribution in [0.1, 0.15) is 11.1 Å². The van der Waals surface area contributed by atoms with Crippen molar-refractivity contribution in [1.29, 1.82) is 0 Å². The number of aryl methyl sites for hydroxylation is 1. The van der Waals surface area contributed by atoms with E-state index in [9.17, 15) is 4.79 Å². The Morgan fingerprint density at radius 2 is 2.04 bits per heavy atom. The van der Waals surface area contributed by atoms with Crippen molar-refractivity contribution in [2.24, 2.45) is 0 Å². The average molecular weight is 361 g/mol. The molecule has 0 atom stereocenters. The fourth-order valence-electron chi connectivity index (χ4n) is 2.88. The molecule has 1 aromatic heterocycles. The summed E-state index contributed by atoms with van der Waals surface area (Å²) in [6.07, 6.45) is 3.62. The zero-order valence-electron chi connectivity index (χ0n) is 15.6. The first kappa shape index (κ1) is 18.6. The van der Waals surface area contributed by atoms with Crippen molar-refractivity contribution in [2.45, 2.75) is 6.92 Å². The number of anilines is 1. The molecule has 0 saturated carbocycles. The Hall–Kier alpha value is -3.18. The highest BCUT2D eigenvalue weighted by Gasteiger charge is 2.07. The summed E-state index contributed by atoms with van der Waals surface area (Å²) in [6.45, 7) is 6.86. The highest BCUT2D eigenvalue weighted by Crippen LogP contribution is 2.28. The lowest BCUT2D eigenvalue weighted by molar-refractivity contribution is 0.198. The van der Waals surface area contributed by atoms with Crippen LogP contribution in [0, 0.1) is 6.92 Å². The first-order valence-electron chi connectivity index (χ1n) is 8.78. The summed E-state index contributed by atoms with van der Waals surface area (Å²) in [5.41, 5.74) is 4.60. The second-order valence-electron chi connectivity index (χ2n) is 6.28.